The Labute approximate surface area is 118 Å². The summed E-state index contributed by atoms with van der Waals surface area (Å²) < 4.78 is 18.9. The van der Waals surface area contributed by atoms with E-state index in [1.165, 1.54) is 6.07 Å². The fourth-order valence-electron chi connectivity index (χ4n) is 3.00. The van der Waals surface area contributed by atoms with E-state index in [9.17, 15) is 4.39 Å². The third kappa shape index (κ3) is 2.08. The smallest absolute Gasteiger partial charge is 0.123 e. The van der Waals surface area contributed by atoms with Crippen LogP contribution in [0, 0.1) is 5.82 Å². The molecule has 0 spiro atoms. The summed E-state index contributed by atoms with van der Waals surface area (Å²) in [5, 5.41) is 0. The topological polar surface area (TPSA) is 35.2 Å². The predicted octanol–water partition coefficient (Wildman–Crippen LogP) is 3.37. The molecule has 0 radical (unpaired) electrons. The zero-order chi connectivity index (χ0) is 14.2. The highest BCUT2D eigenvalue weighted by Gasteiger charge is 2.36. The van der Waals surface area contributed by atoms with Gasteiger partial charge in [-0.25, -0.2) is 4.39 Å². The number of fused-ring (bicyclic) bond motifs is 1. The van der Waals surface area contributed by atoms with Crippen LogP contribution in [-0.2, 0) is 12.0 Å². The number of nitrogens with two attached hydrogens (primary N) is 1. The van der Waals surface area contributed by atoms with E-state index >= 15 is 0 Å². The minimum absolute atomic E-state index is 0.198. The van der Waals surface area contributed by atoms with Crippen LogP contribution in [0.15, 0.2) is 42.5 Å². The van der Waals surface area contributed by atoms with Crippen molar-refractivity contribution in [3.8, 4) is 5.75 Å². The summed E-state index contributed by atoms with van der Waals surface area (Å²) in [7, 11) is 0. The van der Waals surface area contributed by atoms with E-state index in [4.69, 9.17) is 10.5 Å². The maximum Gasteiger partial charge on any atom is 0.123 e. The number of ether oxygens (including phenoxy) is 1. The van der Waals surface area contributed by atoms with Crippen LogP contribution in [0.2, 0.25) is 0 Å². The van der Waals surface area contributed by atoms with Crippen LogP contribution < -0.4 is 10.5 Å². The molecule has 0 saturated heterocycles. The monoisotopic (exact) mass is 271 g/mol. The van der Waals surface area contributed by atoms with Gasteiger partial charge in [0.15, 0.2) is 0 Å². The van der Waals surface area contributed by atoms with Crippen molar-refractivity contribution in [1.29, 1.82) is 0 Å². The number of hydrogen-bond acceptors (Lipinski definition) is 2. The number of hydrogen-bond donors (Lipinski definition) is 1. The molecule has 0 aliphatic heterocycles. The molecule has 0 aromatic heterocycles. The highest BCUT2D eigenvalue weighted by Crippen LogP contribution is 2.40. The van der Waals surface area contributed by atoms with Crippen LogP contribution in [0.25, 0.3) is 0 Å². The van der Waals surface area contributed by atoms with Gasteiger partial charge in [-0.3, -0.25) is 0 Å². The molecule has 104 valence electrons. The number of aryl methyl sites for hydroxylation is 1. The third-order valence-electron chi connectivity index (χ3n) is 4.00. The predicted molar refractivity (Wildman–Crippen MR) is 77.3 cm³/mol. The van der Waals surface area contributed by atoms with Crippen LogP contribution in [0.4, 0.5) is 4.39 Å². The molecule has 1 aliphatic rings. The van der Waals surface area contributed by atoms with Gasteiger partial charge in [0.25, 0.3) is 0 Å². The van der Waals surface area contributed by atoms with Crippen molar-refractivity contribution < 1.29 is 9.13 Å². The van der Waals surface area contributed by atoms with E-state index in [-0.39, 0.29) is 5.82 Å². The first kappa shape index (κ1) is 13.1. The van der Waals surface area contributed by atoms with Crippen LogP contribution in [0.5, 0.6) is 5.75 Å². The second-order valence-corrected chi connectivity index (χ2v) is 5.23. The van der Waals surface area contributed by atoms with Crippen LogP contribution >= 0.6 is 0 Å². The average Bonchev–Trinajstić information content (AvgIpc) is 2.78. The van der Waals surface area contributed by atoms with Gasteiger partial charge in [0.1, 0.15) is 11.6 Å². The van der Waals surface area contributed by atoms with Gasteiger partial charge in [0.2, 0.25) is 0 Å². The quantitative estimate of drug-likeness (QED) is 0.929. The molecule has 0 heterocycles. The molecule has 0 saturated carbocycles. The number of halogens is 1. The van der Waals surface area contributed by atoms with E-state index in [2.05, 4.69) is 0 Å². The molecule has 3 rings (SSSR count). The van der Waals surface area contributed by atoms with E-state index < -0.39 is 5.54 Å². The van der Waals surface area contributed by atoms with Crippen molar-refractivity contribution in [2.75, 3.05) is 6.61 Å². The summed E-state index contributed by atoms with van der Waals surface area (Å²) in [6.07, 6.45) is 1.60. The van der Waals surface area contributed by atoms with Gasteiger partial charge in [-0.15, -0.1) is 0 Å². The van der Waals surface area contributed by atoms with Gasteiger partial charge in [-0.2, -0.15) is 0 Å². The number of rotatable bonds is 3. The van der Waals surface area contributed by atoms with Crippen LogP contribution in [-0.4, -0.2) is 6.61 Å². The third-order valence-corrected chi connectivity index (χ3v) is 4.00. The SMILES string of the molecule is CCOc1cccc(C2(N)CCc3cc(F)ccc32)c1. The Kier molecular flexibility index (Phi) is 3.22. The molecule has 2 aromatic rings. The van der Waals surface area contributed by atoms with Crippen molar-refractivity contribution >= 4 is 0 Å². The molecule has 1 atom stereocenters. The van der Waals surface area contributed by atoms with Crippen LogP contribution in [0.3, 0.4) is 0 Å². The first-order valence-corrected chi connectivity index (χ1v) is 6.94. The molecule has 2 nitrogen and oxygen atoms in total. The summed E-state index contributed by atoms with van der Waals surface area (Å²) in [6.45, 7) is 2.58. The molecule has 2 N–H and O–H groups in total. The lowest BCUT2D eigenvalue weighted by Gasteiger charge is -2.26. The fraction of sp³-hybridized carbons (Fsp3) is 0.294. The van der Waals surface area contributed by atoms with Gasteiger partial charge < -0.3 is 10.5 Å². The first-order chi connectivity index (χ1) is 9.63. The number of benzene rings is 2. The van der Waals surface area contributed by atoms with Gasteiger partial charge in [0.05, 0.1) is 12.1 Å². The van der Waals surface area contributed by atoms with Crippen molar-refractivity contribution in [3.63, 3.8) is 0 Å². The Morgan fingerprint density at radius 3 is 2.90 bits per heavy atom. The Morgan fingerprint density at radius 2 is 2.10 bits per heavy atom. The van der Waals surface area contributed by atoms with E-state index in [1.807, 2.05) is 37.3 Å². The highest BCUT2D eigenvalue weighted by atomic mass is 19.1. The van der Waals surface area contributed by atoms with E-state index in [0.717, 1.165) is 35.3 Å². The van der Waals surface area contributed by atoms with Gasteiger partial charge in [0, 0.05) is 0 Å². The molecule has 20 heavy (non-hydrogen) atoms. The highest BCUT2D eigenvalue weighted by molar-refractivity contribution is 5.48. The second kappa shape index (κ2) is 4.91. The Morgan fingerprint density at radius 1 is 1.25 bits per heavy atom. The maximum absolute atomic E-state index is 13.3. The first-order valence-electron chi connectivity index (χ1n) is 6.94. The molecule has 1 unspecified atom stereocenters. The molecule has 1 aliphatic carbocycles. The summed E-state index contributed by atoms with van der Waals surface area (Å²) in [5.74, 6) is 0.626. The molecule has 0 bridgehead atoms. The minimum Gasteiger partial charge on any atom is -0.494 e. The van der Waals surface area contributed by atoms with Gasteiger partial charge >= 0.3 is 0 Å². The van der Waals surface area contributed by atoms with E-state index in [1.54, 1.807) is 6.07 Å². The Bertz CT molecular complexity index is 641. The lowest BCUT2D eigenvalue weighted by molar-refractivity contribution is 0.339. The van der Waals surface area contributed by atoms with Crippen molar-refractivity contribution in [3.05, 3.63) is 65.0 Å². The Balaban J connectivity index is 2.04. The van der Waals surface area contributed by atoms with Gasteiger partial charge in [-0.1, -0.05) is 18.2 Å². The van der Waals surface area contributed by atoms with Crippen molar-refractivity contribution in [1.82, 2.24) is 0 Å². The lowest BCUT2D eigenvalue weighted by atomic mass is 9.85. The largest absolute Gasteiger partial charge is 0.494 e. The molecule has 3 heteroatoms. The molecule has 0 fully saturated rings. The summed E-state index contributed by atoms with van der Waals surface area (Å²) in [5.41, 5.74) is 9.14. The molecule has 2 aromatic carbocycles. The Hall–Kier alpha value is -1.87. The maximum atomic E-state index is 13.3. The second-order valence-electron chi connectivity index (χ2n) is 5.23. The molecular formula is C17H18FNO. The van der Waals surface area contributed by atoms with Gasteiger partial charge in [-0.05, 0) is 60.7 Å². The summed E-state index contributed by atoms with van der Waals surface area (Å²) >= 11 is 0. The zero-order valence-electron chi connectivity index (χ0n) is 11.5. The summed E-state index contributed by atoms with van der Waals surface area (Å²) in [6, 6.07) is 12.8. The minimum atomic E-state index is -0.545. The van der Waals surface area contributed by atoms with Crippen molar-refractivity contribution in [2.24, 2.45) is 5.73 Å². The normalized spacial score (nSPS) is 20.8. The average molecular weight is 271 g/mol. The zero-order valence-corrected chi connectivity index (χ0v) is 11.5. The fourth-order valence-corrected chi connectivity index (χ4v) is 3.00. The standard InChI is InChI=1S/C17H18FNO/c1-2-20-15-5-3-4-13(11-15)17(19)9-8-12-10-14(18)6-7-16(12)17/h3-7,10-11H,2,8-9,19H2,1H3. The van der Waals surface area contributed by atoms with Crippen molar-refractivity contribution in [2.45, 2.75) is 25.3 Å². The molecule has 0 amide bonds. The van der Waals surface area contributed by atoms with Crippen LogP contribution in [0.1, 0.15) is 30.0 Å². The molecular weight excluding hydrogens is 253 g/mol. The lowest BCUT2D eigenvalue weighted by Crippen LogP contribution is -2.35. The summed E-state index contributed by atoms with van der Waals surface area (Å²) in [4.78, 5) is 0. The van der Waals surface area contributed by atoms with E-state index in [0.29, 0.717) is 6.61 Å².